The predicted molar refractivity (Wildman–Crippen MR) is 58.0 cm³/mol. The number of rotatable bonds is 0. The Bertz CT molecular complexity index is 351. The molecule has 0 saturated carbocycles. The first-order valence-electron chi connectivity index (χ1n) is 5.72. The van der Waals surface area contributed by atoms with Crippen molar-refractivity contribution in [2.75, 3.05) is 13.1 Å². The summed E-state index contributed by atoms with van der Waals surface area (Å²) in [6.45, 7) is 1.95. The van der Waals surface area contributed by atoms with Crippen LogP contribution in [-0.2, 0) is 4.79 Å². The second-order valence-electron chi connectivity index (χ2n) is 4.70. The van der Waals surface area contributed by atoms with Crippen LogP contribution in [-0.4, -0.2) is 19.0 Å². The van der Waals surface area contributed by atoms with Gasteiger partial charge < -0.3 is 10.6 Å². The first-order chi connectivity index (χ1) is 7.33. The highest BCUT2D eigenvalue weighted by Crippen LogP contribution is 2.47. The molecule has 2 aliphatic heterocycles. The Morgan fingerprint density at radius 3 is 2.93 bits per heavy atom. The molecular weight excluding hydrogens is 188 g/mol. The third kappa shape index (κ3) is 1.19. The molecule has 1 atom stereocenters. The Morgan fingerprint density at radius 2 is 2.13 bits per heavy atom. The first kappa shape index (κ1) is 9.16. The average Bonchev–Trinajstić information content (AvgIpc) is 2.55. The van der Waals surface area contributed by atoms with Gasteiger partial charge in [-0.1, -0.05) is 12.2 Å². The van der Waals surface area contributed by atoms with E-state index in [0.717, 1.165) is 38.0 Å². The fraction of sp³-hybridized carbons (Fsp3) is 0.583. The molecule has 1 spiro atoms. The van der Waals surface area contributed by atoms with Gasteiger partial charge >= 0.3 is 0 Å². The number of carbonyl (C=O) groups is 1. The van der Waals surface area contributed by atoms with Crippen LogP contribution >= 0.6 is 0 Å². The maximum atomic E-state index is 12.1. The third-order valence-electron chi connectivity index (χ3n) is 4.03. The van der Waals surface area contributed by atoms with Gasteiger partial charge in [0, 0.05) is 11.6 Å². The Morgan fingerprint density at radius 1 is 1.33 bits per heavy atom. The normalized spacial score (nSPS) is 32.4. The molecule has 0 bridgehead atoms. The summed E-state index contributed by atoms with van der Waals surface area (Å²) < 4.78 is 0. The van der Waals surface area contributed by atoms with Gasteiger partial charge in [0.25, 0.3) is 0 Å². The number of piperidine rings is 1. The van der Waals surface area contributed by atoms with E-state index in [9.17, 15) is 4.79 Å². The van der Waals surface area contributed by atoms with Crippen molar-refractivity contribution in [1.82, 2.24) is 10.6 Å². The Labute approximate surface area is 89.6 Å². The van der Waals surface area contributed by atoms with Gasteiger partial charge in [-0.25, -0.2) is 0 Å². The summed E-state index contributed by atoms with van der Waals surface area (Å²) in [6.07, 6.45) is 9.27. The number of hydrogen-bond donors (Lipinski definition) is 2. The van der Waals surface area contributed by atoms with Crippen molar-refractivity contribution in [3.05, 3.63) is 23.9 Å². The van der Waals surface area contributed by atoms with Crippen LogP contribution in [0.3, 0.4) is 0 Å². The minimum Gasteiger partial charge on any atom is -0.329 e. The molecule has 0 aromatic rings. The van der Waals surface area contributed by atoms with Crippen molar-refractivity contribution in [2.45, 2.75) is 19.3 Å². The van der Waals surface area contributed by atoms with Crippen molar-refractivity contribution in [1.29, 1.82) is 0 Å². The van der Waals surface area contributed by atoms with Crippen molar-refractivity contribution < 1.29 is 4.79 Å². The van der Waals surface area contributed by atoms with E-state index in [1.807, 2.05) is 6.08 Å². The third-order valence-corrected chi connectivity index (χ3v) is 4.03. The molecule has 3 aliphatic rings. The highest BCUT2D eigenvalue weighted by atomic mass is 16.2. The molecular formula is C12H16N2O. The standard InChI is InChI=1S/C12H16N2O/c15-11-12(5-7-13-8-6-12)9-3-1-2-4-10(9)14-11/h1-2,4,9,13H,3,5-8H2,(H,14,15). The number of nitrogens with one attached hydrogen (secondary N) is 2. The molecule has 1 unspecified atom stereocenters. The Hall–Kier alpha value is -1.09. The summed E-state index contributed by atoms with van der Waals surface area (Å²) in [7, 11) is 0. The summed E-state index contributed by atoms with van der Waals surface area (Å²) in [5.41, 5.74) is 1.03. The average molecular weight is 204 g/mol. The molecule has 2 heterocycles. The second-order valence-corrected chi connectivity index (χ2v) is 4.70. The van der Waals surface area contributed by atoms with E-state index in [-0.39, 0.29) is 11.3 Å². The van der Waals surface area contributed by atoms with Crippen LogP contribution in [0.5, 0.6) is 0 Å². The highest BCUT2D eigenvalue weighted by Gasteiger charge is 2.52. The molecule has 3 heteroatoms. The Kier molecular flexibility index (Phi) is 1.96. The van der Waals surface area contributed by atoms with Gasteiger partial charge in [0.1, 0.15) is 0 Å². The predicted octanol–water partition coefficient (Wildman–Crippen LogP) is 0.946. The zero-order valence-corrected chi connectivity index (χ0v) is 8.75. The van der Waals surface area contributed by atoms with Crippen LogP contribution in [0.2, 0.25) is 0 Å². The second kappa shape index (κ2) is 3.20. The molecule has 0 radical (unpaired) electrons. The van der Waals surface area contributed by atoms with Gasteiger partial charge in [0.05, 0.1) is 5.41 Å². The monoisotopic (exact) mass is 204 g/mol. The first-order valence-corrected chi connectivity index (χ1v) is 5.72. The number of allylic oxidation sites excluding steroid dienone is 4. The number of carbonyl (C=O) groups excluding carboxylic acids is 1. The van der Waals surface area contributed by atoms with Crippen LogP contribution in [0, 0.1) is 11.3 Å². The number of hydrogen-bond acceptors (Lipinski definition) is 2. The molecule has 0 aromatic carbocycles. The van der Waals surface area contributed by atoms with Gasteiger partial charge in [0.15, 0.2) is 0 Å². The fourth-order valence-electron chi connectivity index (χ4n) is 3.14. The van der Waals surface area contributed by atoms with Crippen LogP contribution in [0.25, 0.3) is 0 Å². The van der Waals surface area contributed by atoms with Gasteiger partial charge in [0.2, 0.25) is 5.91 Å². The van der Waals surface area contributed by atoms with Crippen LogP contribution < -0.4 is 10.6 Å². The van der Waals surface area contributed by atoms with E-state index >= 15 is 0 Å². The Balaban J connectivity index is 1.97. The number of amides is 1. The zero-order chi connectivity index (χ0) is 10.3. The topological polar surface area (TPSA) is 41.1 Å². The highest BCUT2D eigenvalue weighted by molar-refractivity contribution is 5.88. The SMILES string of the molecule is O=C1NC2=CC=CCC2C12CCNCC2. The minimum atomic E-state index is -0.109. The smallest absolute Gasteiger partial charge is 0.231 e. The van der Waals surface area contributed by atoms with E-state index in [1.165, 1.54) is 0 Å². The summed E-state index contributed by atoms with van der Waals surface area (Å²) in [4.78, 5) is 12.1. The van der Waals surface area contributed by atoms with Crippen molar-refractivity contribution >= 4 is 5.91 Å². The fourth-order valence-corrected chi connectivity index (χ4v) is 3.14. The molecule has 1 aliphatic carbocycles. The molecule has 1 amide bonds. The molecule has 2 fully saturated rings. The van der Waals surface area contributed by atoms with Crippen molar-refractivity contribution in [3.63, 3.8) is 0 Å². The quantitative estimate of drug-likeness (QED) is 0.616. The van der Waals surface area contributed by atoms with E-state index in [2.05, 4.69) is 22.8 Å². The van der Waals surface area contributed by atoms with Crippen molar-refractivity contribution in [2.24, 2.45) is 11.3 Å². The maximum absolute atomic E-state index is 12.1. The lowest BCUT2D eigenvalue weighted by Gasteiger charge is -2.36. The van der Waals surface area contributed by atoms with Crippen LogP contribution in [0.15, 0.2) is 23.9 Å². The minimum absolute atomic E-state index is 0.109. The van der Waals surface area contributed by atoms with E-state index < -0.39 is 0 Å². The van der Waals surface area contributed by atoms with Gasteiger partial charge in [-0.2, -0.15) is 0 Å². The lowest BCUT2D eigenvalue weighted by Crippen LogP contribution is -2.44. The van der Waals surface area contributed by atoms with E-state index in [0.29, 0.717) is 5.92 Å². The lowest BCUT2D eigenvalue weighted by atomic mass is 9.68. The van der Waals surface area contributed by atoms with E-state index in [1.54, 1.807) is 0 Å². The van der Waals surface area contributed by atoms with Gasteiger partial charge in [-0.3, -0.25) is 4.79 Å². The zero-order valence-electron chi connectivity index (χ0n) is 8.75. The molecule has 15 heavy (non-hydrogen) atoms. The summed E-state index contributed by atoms with van der Waals surface area (Å²) >= 11 is 0. The molecule has 2 saturated heterocycles. The molecule has 0 aromatic heterocycles. The lowest BCUT2D eigenvalue weighted by molar-refractivity contribution is -0.130. The van der Waals surface area contributed by atoms with Crippen LogP contribution in [0.1, 0.15) is 19.3 Å². The van der Waals surface area contributed by atoms with Gasteiger partial charge in [-0.05, 0) is 38.4 Å². The van der Waals surface area contributed by atoms with E-state index in [4.69, 9.17) is 0 Å². The van der Waals surface area contributed by atoms with Crippen molar-refractivity contribution in [3.8, 4) is 0 Å². The van der Waals surface area contributed by atoms with Gasteiger partial charge in [-0.15, -0.1) is 0 Å². The summed E-state index contributed by atoms with van der Waals surface area (Å²) in [5, 5.41) is 6.39. The molecule has 80 valence electrons. The maximum Gasteiger partial charge on any atom is 0.231 e. The molecule has 3 nitrogen and oxygen atoms in total. The molecule has 3 rings (SSSR count). The number of fused-ring (bicyclic) bond motifs is 2. The largest absolute Gasteiger partial charge is 0.329 e. The van der Waals surface area contributed by atoms with Crippen LogP contribution in [0.4, 0.5) is 0 Å². The summed E-state index contributed by atoms with van der Waals surface area (Å²) in [6, 6.07) is 0. The molecule has 2 N–H and O–H groups in total. The summed E-state index contributed by atoms with van der Waals surface area (Å²) in [5.74, 6) is 0.668.